The number of hydrogen-bond donors (Lipinski definition) is 1. The molecule has 0 bridgehead atoms. The Balaban J connectivity index is 2.66. The molecule has 0 saturated carbocycles. The van der Waals surface area contributed by atoms with E-state index in [9.17, 15) is 9.90 Å². The maximum Gasteiger partial charge on any atom is 0.358 e. The zero-order valence-electron chi connectivity index (χ0n) is 9.18. The first kappa shape index (κ1) is 10.4. The third-order valence-electron chi connectivity index (χ3n) is 2.88. The van der Waals surface area contributed by atoms with Crippen molar-refractivity contribution in [3.8, 4) is 11.8 Å². The van der Waals surface area contributed by atoms with E-state index in [4.69, 9.17) is 9.68 Å². The summed E-state index contributed by atoms with van der Waals surface area (Å²) in [6, 6.07) is 12.4. The Bertz CT molecular complexity index is 872. The van der Waals surface area contributed by atoms with Gasteiger partial charge in [0.25, 0.3) is 0 Å². The summed E-state index contributed by atoms with van der Waals surface area (Å²) in [4.78, 5) is 11.5. The monoisotopic (exact) mass is 237 g/mol. The van der Waals surface area contributed by atoms with Crippen molar-refractivity contribution in [1.82, 2.24) is 0 Å². The lowest BCUT2D eigenvalue weighted by atomic mass is 10.0. The lowest BCUT2D eigenvalue weighted by Crippen LogP contribution is -2.04. The van der Waals surface area contributed by atoms with Crippen molar-refractivity contribution in [2.45, 2.75) is 0 Å². The van der Waals surface area contributed by atoms with Gasteiger partial charge in [0.1, 0.15) is 11.7 Å². The maximum atomic E-state index is 11.5. The molecule has 0 atom stereocenters. The van der Waals surface area contributed by atoms with Crippen LogP contribution in [-0.2, 0) is 0 Å². The minimum absolute atomic E-state index is 0.273. The number of nitriles is 1. The molecule has 0 aliphatic carbocycles. The molecule has 3 aromatic rings. The average molecular weight is 237 g/mol. The highest BCUT2D eigenvalue weighted by molar-refractivity contribution is 6.08. The fraction of sp³-hybridized carbons (Fsp3) is 0. The molecule has 1 aromatic heterocycles. The van der Waals surface area contributed by atoms with Crippen molar-refractivity contribution < 1.29 is 9.52 Å². The zero-order valence-corrected chi connectivity index (χ0v) is 9.18. The molecule has 0 fully saturated rings. The molecule has 4 nitrogen and oxygen atoms in total. The maximum absolute atomic E-state index is 11.5. The van der Waals surface area contributed by atoms with Gasteiger partial charge in [-0.1, -0.05) is 30.3 Å². The fourth-order valence-corrected chi connectivity index (χ4v) is 2.05. The van der Waals surface area contributed by atoms with Gasteiger partial charge in [0, 0.05) is 0 Å². The number of fused-ring (bicyclic) bond motifs is 3. The highest BCUT2D eigenvalue weighted by Crippen LogP contribution is 2.32. The molecule has 3 rings (SSSR count). The lowest BCUT2D eigenvalue weighted by molar-refractivity contribution is 0.466. The normalized spacial score (nSPS) is 10.6. The van der Waals surface area contributed by atoms with Gasteiger partial charge >= 0.3 is 5.63 Å². The van der Waals surface area contributed by atoms with E-state index in [2.05, 4.69) is 0 Å². The summed E-state index contributed by atoms with van der Waals surface area (Å²) < 4.78 is 5.03. The Kier molecular flexibility index (Phi) is 2.07. The number of rotatable bonds is 0. The predicted octanol–water partition coefficient (Wildman–Crippen LogP) is 2.52. The first-order valence-corrected chi connectivity index (χ1v) is 5.30. The summed E-state index contributed by atoms with van der Waals surface area (Å²) in [7, 11) is 0. The van der Waals surface area contributed by atoms with Crippen LogP contribution in [0.4, 0.5) is 0 Å². The molecule has 0 unspecified atom stereocenters. The minimum Gasteiger partial charge on any atom is -0.505 e. The van der Waals surface area contributed by atoms with Gasteiger partial charge in [-0.05, 0) is 16.8 Å². The van der Waals surface area contributed by atoms with Crippen LogP contribution >= 0.6 is 0 Å². The molecule has 0 aliphatic rings. The summed E-state index contributed by atoms with van der Waals surface area (Å²) in [5, 5.41) is 20.9. The van der Waals surface area contributed by atoms with Gasteiger partial charge in [0.2, 0.25) is 0 Å². The van der Waals surface area contributed by atoms with Crippen molar-refractivity contribution in [3.63, 3.8) is 0 Å². The molecule has 1 N–H and O–H groups in total. The van der Waals surface area contributed by atoms with Crippen LogP contribution in [0.3, 0.4) is 0 Å². The van der Waals surface area contributed by atoms with Crippen LogP contribution in [0.2, 0.25) is 0 Å². The Morgan fingerprint density at radius 2 is 1.94 bits per heavy atom. The van der Waals surface area contributed by atoms with Crippen LogP contribution in [0.5, 0.6) is 5.75 Å². The Morgan fingerprint density at radius 3 is 2.72 bits per heavy atom. The van der Waals surface area contributed by atoms with Crippen LogP contribution in [0, 0.1) is 11.3 Å². The van der Waals surface area contributed by atoms with Gasteiger partial charge in [-0.2, -0.15) is 5.26 Å². The molecule has 18 heavy (non-hydrogen) atoms. The molecule has 1 heterocycles. The Hall–Kier alpha value is -2.80. The SMILES string of the molecule is N#Cc1c(O)c2c(ccc3ccccc32)oc1=O. The van der Waals surface area contributed by atoms with E-state index in [1.807, 2.05) is 18.2 Å². The van der Waals surface area contributed by atoms with Gasteiger partial charge in [-0.3, -0.25) is 0 Å². The summed E-state index contributed by atoms with van der Waals surface area (Å²) >= 11 is 0. The van der Waals surface area contributed by atoms with Gasteiger partial charge in [-0.15, -0.1) is 0 Å². The van der Waals surface area contributed by atoms with Crippen LogP contribution in [0.25, 0.3) is 21.7 Å². The molecule has 0 radical (unpaired) electrons. The molecule has 0 spiro atoms. The van der Waals surface area contributed by atoms with Crippen molar-refractivity contribution in [2.24, 2.45) is 0 Å². The first-order valence-electron chi connectivity index (χ1n) is 5.30. The predicted molar refractivity (Wildman–Crippen MR) is 66.4 cm³/mol. The Morgan fingerprint density at radius 1 is 1.17 bits per heavy atom. The summed E-state index contributed by atoms with van der Waals surface area (Å²) in [5.41, 5.74) is -0.910. The molecule has 0 amide bonds. The topological polar surface area (TPSA) is 74.2 Å². The molecule has 86 valence electrons. The van der Waals surface area contributed by atoms with Crippen molar-refractivity contribution in [2.75, 3.05) is 0 Å². The average Bonchev–Trinajstić information content (AvgIpc) is 2.38. The van der Waals surface area contributed by atoms with E-state index in [-0.39, 0.29) is 16.9 Å². The molecular formula is C14H7NO3. The largest absolute Gasteiger partial charge is 0.505 e. The van der Waals surface area contributed by atoms with E-state index in [0.717, 1.165) is 10.8 Å². The second-order valence-electron chi connectivity index (χ2n) is 3.88. The van der Waals surface area contributed by atoms with Crippen LogP contribution in [0.1, 0.15) is 5.56 Å². The van der Waals surface area contributed by atoms with Crippen molar-refractivity contribution in [3.05, 3.63) is 52.4 Å². The quantitative estimate of drug-likeness (QED) is 0.481. The van der Waals surface area contributed by atoms with Gasteiger partial charge in [-0.25, -0.2) is 4.79 Å². The highest BCUT2D eigenvalue weighted by Gasteiger charge is 2.15. The number of hydrogen-bond acceptors (Lipinski definition) is 4. The first-order chi connectivity index (χ1) is 8.72. The van der Waals surface area contributed by atoms with Gasteiger partial charge in [0.15, 0.2) is 11.3 Å². The highest BCUT2D eigenvalue weighted by atomic mass is 16.4. The molecule has 2 aromatic carbocycles. The number of nitrogens with zero attached hydrogens (tertiary/aromatic N) is 1. The molecule has 0 aliphatic heterocycles. The zero-order chi connectivity index (χ0) is 12.7. The van der Waals surface area contributed by atoms with Crippen molar-refractivity contribution >= 4 is 21.7 Å². The van der Waals surface area contributed by atoms with Gasteiger partial charge in [0.05, 0.1) is 5.39 Å². The second-order valence-corrected chi connectivity index (χ2v) is 3.88. The second kappa shape index (κ2) is 3.60. The van der Waals surface area contributed by atoms with E-state index < -0.39 is 5.63 Å². The third kappa shape index (κ3) is 1.28. The van der Waals surface area contributed by atoms with Crippen LogP contribution in [0.15, 0.2) is 45.6 Å². The molecule has 0 saturated heterocycles. The fourth-order valence-electron chi connectivity index (χ4n) is 2.05. The van der Waals surface area contributed by atoms with Gasteiger partial charge < -0.3 is 9.52 Å². The summed E-state index contributed by atoms with van der Waals surface area (Å²) in [5.74, 6) is -0.319. The molecular weight excluding hydrogens is 230 g/mol. The lowest BCUT2D eigenvalue weighted by Gasteiger charge is -2.05. The number of aromatic hydroxyl groups is 1. The summed E-state index contributed by atoms with van der Waals surface area (Å²) in [6.45, 7) is 0. The van der Waals surface area contributed by atoms with Crippen LogP contribution in [-0.4, -0.2) is 5.11 Å². The van der Waals surface area contributed by atoms with Crippen molar-refractivity contribution in [1.29, 1.82) is 5.26 Å². The smallest absolute Gasteiger partial charge is 0.358 e. The van der Waals surface area contributed by atoms with E-state index in [1.54, 1.807) is 24.3 Å². The standard InChI is InChI=1S/C14H7NO3/c15-7-10-13(16)12-9-4-2-1-3-8(9)5-6-11(12)18-14(10)17/h1-6,16H. The minimum atomic E-state index is -0.821. The molecule has 4 heteroatoms. The third-order valence-corrected chi connectivity index (χ3v) is 2.88. The van der Waals surface area contributed by atoms with Crippen LogP contribution < -0.4 is 5.63 Å². The Labute approximate surface area is 101 Å². The van der Waals surface area contributed by atoms with E-state index in [1.165, 1.54) is 0 Å². The summed E-state index contributed by atoms with van der Waals surface area (Å²) in [6.07, 6.45) is 0. The van der Waals surface area contributed by atoms with E-state index >= 15 is 0 Å². The number of benzene rings is 2. The van der Waals surface area contributed by atoms with E-state index in [0.29, 0.717) is 5.39 Å².